The van der Waals surface area contributed by atoms with Gasteiger partial charge in [0, 0.05) is 30.1 Å². The Kier molecular flexibility index (Phi) is 4.40. The van der Waals surface area contributed by atoms with Gasteiger partial charge in [0.1, 0.15) is 0 Å². The summed E-state index contributed by atoms with van der Waals surface area (Å²) >= 11 is 1.66. The van der Waals surface area contributed by atoms with Gasteiger partial charge in [-0.25, -0.2) is 0 Å². The summed E-state index contributed by atoms with van der Waals surface area (Å²) in [6, 6.07) is 4.77. The molecule has 2 unspecified atom stereocenters. The minimum atomic E-state index is 0.261. The van der Waals surface area contributed by atoms with E-state index in [2.05, 4.69) is 26.1 Å². The van der Waals surface area contributed by atoms with Gasteiger partial charge in [-0.05, 0) is 24.3 Å². The van der Waals surface area contributed by atoms with E-state index in [1.165, 1.54) is 0 Å². The molecule has 2 heterocycles. The normalized spacial score (nSPS) is 24.6. The molecule has 1 aliphatic rings. The number of thiophene rings is 1. The maximum absolute atomic E-state index is 12.3. The monoisotopic (exact) mass is 266 g/mol. The molecule has 0 aliphatic carbocycles. The lowest BCUT2D eigenvalue weighted by atomic mass is 9.99. The van der Waals surface area contributed by atoms with Crippen LogP contribution in [0.25, 0.3) is 0 Å². The van der Waals surface area contributed by atoms with Crippen LogP contribution in [-0.2, 0) is 11.2 Å². The molecule has 1 aromatic rings. The van der Waals surface area contributed by atoms with Gasteiger partial charge in [-0.2, -0.15) is 0 Å². The summed E-state index contributed by atoms with van der Waals surface area (Å²) in [7, 11) is 0. The third-order valence-corrected chi connectivity index (χ3v) is 4.51. The van der Waals surface area contributed by atoms with E-state index >= 15 is 0 Å². The Balaban J connectivity index is 1.99. The van der Waals surface area contributed by atoms with Gasteiger partial charge >= 0.3 is 0 Å². The molecule has 0 radical (unpaired) electrons. The van der Waals surface area contributed by atoms with E-state index in [9.17, 15) is 4.79 Å². The first kappa shape index (κ1) is 13.6. The van der Waals surface area contributed by atoms with Crippen molar-refractivity contribution in [3.8, 4) is 0 Å². The summed E-state index contributed by atoms with van der Waals surface area (Å²) in [5.74, 6) is 0.826. The van der Waals surface area contributed by atoms with Gasteiger partial charge in [-0.15, -0.1) is 11.3 Å². The summed E-state index contributed by atoms with van der Waals surface area (Å²) in [6.07, 6.45) is 0.548. The number of carbonyl (C=O) groups is 1. The lowest BCUT2D eigenvalue weighted by Crippen LogP contribution is -2.59. The van der Waals surface area contributed by atoms with Crippen molar-refractivity contribution in [2.45, 2.75) is 39.3 Å². The minimum Gasteiger partial charge on any atom is -0.337 e. The Labute approximate surface area is 113 Å². The molecule has 3 nitrogen and oxygen atoms in total. The molecule has 1 fully saturated rings. The average Bonchev–Trinajstić information content (AvgIpc) is 2.81. The van der Waals surface area contributed by atoms with E-state index in [0.29, 0.717) is 24.4 Å². The van der Waals surface area contributed by atoms with Crippen LogP contribution >= 0.6 is 11.3 Å². The number of hydrogen-bond donors (Lipinski definition) is 1. The Bertz CT molecular complexity index is 389. The number of rotatable bonds is 3. The molecule has 0 spiro atoms. The molecule has 0 aromatic carbocycles. The molecule has 100 valence electrons. The molecule has 18 heavy (non-hydrogen) atoms. The van der Waals surface area contributed by atoms with Crippen molar-refractivity contribution in [2.75, 3.05) is 13.1 Å². The second-order valence-corrected chi connectivity index (χ2v) is 6.44. The summed E-state index contributed by atoms with van der Waals surface area (Å²) in [5, 5.41) is 5.55. The largest absolute Gasteiger partial charge is 0.337 e. The Hall–Kier alpha value is -0.870. The van der Waals surface area contributed by atoms with Crippen LogP contribution in [0.5, 0.6) is 0 Å². The van der Waals surface area contributed by atoms with Gasteiger partial charge in [-0.3, -0.25) is 4.79 Å². The molecule has 1 aliphatic heterocycles. The van der Waals surface area contributed by atoms with E-state index in [0.717, 1.165) is 18.0 Å². The highest BCUT2D eigenvalue weighted by Crippen LogP contribution is 2.16. The molecule has 0 bridgehead atoms. The van der Waals surface area contributed by atoms with Gasteiger partial charge < -0.3 is 10.2 Å². The number of amides is 1. The van der Waals surface area contributed by atoms with Crippen LogP contribution in [0.15, 0.2) is 17.5 Å². The number of hydrogen-bond acceptors (Lipinski definition) is 3. The fourth-order valence-corrected chi connectivity index (χ4v) is 3.04. The summed E-state index contributed by atoms with van der Waals surface area (Å²) in [5.41, 5.74) is 0. The second-order valence-electron chi connectivity index (χ2n) is 5.41. The summed E-state index contributed by atoms with van der Waals surface area (Å²) < 4.78 is 0. The highest BCUT2D eigenvalue weighted by molar-refractivity contribution is 7.10. The van der Waals surface area contributed by atoms with Crippen LogP contribution in [0.4, 0.5) is 0 Å². The van der Waals surface area contributed by atoms with Crippen LogP contribution in [0.3, 0.4) is 0 Å². The zero-order valence-electron chi connectivity index (χ0n) is 11.3. The molecular formula is C14H22N2OS. The van der Waals surface area contributed by atoms with Crippen LogP contribution in [-0.4, -0.2) is 36.0 Å². The Morgan fingerprint density at radius 1 is 1.61 bits per heavy atom. The lowest BCUT2D eigenvalue weighted by Gasteiger charge is -2.40. The van der Waals surface area contributed by atoms with Crippen molar-refractivity contribution in [1.82, 2.24) is 10.2 Å². The lowest BCUT2D eigenvalue weighted by molar-refractivity contribution is -0.134. The van der Waals surface area contributed by atoms with Crippen molar-refractivity contribution in [3.63, 3.8) is 0 Å². The van der Waals surface area contributed by atoms with Gasteiger partial charge in [0.15, 0.2) is 0 Å². The van der Waals surface area contributed by atoms with Crippen molar-refractivity contribution < 1.29 is 4.79 Å². The molecule has 2 rings (SSSR count). The predicted octanol–water partition coefficient (Wildman–Crippen LogP) is 2.14. The summed E-state index contributed by atoms with van der Waals surface area (Å²) in [4.78, 5) is 15.6. The first-order valence-electron chi connectivity index (χ1n) is 6.63. The highest BCUT2D eigenvalue weighted by Gasteiger charge is 2.29. The van der Waals surface area contributed by atoms with Crippen molar-refractivity contribution in [3.05, 3.63) is 22.4 Å². The first-order valence-corrected chi connectivity index (χ1v) is 7.51. The smallest absolute Gasteiger partial charge is 0.228 e. The fourth-order valence-electron chi connectivity index (χ4n) is 2.35. The molecule has 2 atom stereocenters. The molecule has 1 N–H and O–H groups in total. The van der Waals surface area contributed by atoms with Gasteiger partial charge in [0.05, 0.1) is 6.42 Å². The van der Waals surface area contributed by atoms with Crippen molar-refractivity contribution >= 4 is 17.2 Å². The second kappa shape index (κ2) is 5.85. The van der Waals surface area contributed by atoms with E-state index in [1.54, 1.807) is 11.3 Å². The Morgan fingerprint density at radius 2 is 2.39 bits per heavy atom. The van der Waals surface area contributed by atoms with Gasteiger partial charge in [0.25, 0.3) is 0 Å². The number of piperazine rings is 1. The molecule has 0 saturated carbocycles. The molecule has 1 amide bonds. The molecule has 1 saturated heterocycles. The minimum absolute atomic E-state index is 0.261. The first-order chi connectivity index (χ1) is 8.58. The number of nitrogens with zero attached hydrogens (tertiary/aromatic N) is 1. The third-order valence-electron chi connectivity index (χ3n) is 3.63. The van der Waals surface area contributed by atoms with Gasteiger partial charge in [0.2, 0.25) is 5.91 Å². The average molecular weight is 266 g/mol. The standard InChI is InChI=1S/C14H22N2OS/c1-10(2)13-9-16(11(3)8-15-13)14(17)7-12-5-4-6-18-12/h4-6,10-11,13,15H,7-9H2,1-3H3. The summed E-state index contributed by atoms with van der Waals surface area (Å²) in [6.45, 7) is 8.27. The van der Waals surface area contributed by atoms with E-state index in [1.807, 2.05) is 22.4 Å². The van der Waals surface area contributed by atoms with E-state index in [-0.39, 0.29) is 5.91 Å². The van der Waals surface area contributed by atoms with Crippen LogP contribution < -0.4 is 5.32 Å². The number of nitrogens with one attached hydrogen (secondary N) is 1. The predicted molar refractivity (Wildman–Crippen MR) is 75.8 cm³/mol. The fraction of sp³-hybridized carbons (Fsp3) is 0.643. The molecule has 1 aromatic heterocycles. The topological polar surface area (TPSA) is 32.3 Å². The van der Waals surface area contributed by atoms with Crippen LogP contribution in [0, 0.1) is 5.92 Å². The zero-order chi connectivity index (χ0) is 13.1. The molecular weight excluding hydrogens is 244 g/mol. The van der Waals surface area contributed by atoms with E-state index in [4.69, 9.17) is 0 Å². The SMILES string of the molecule is CC(C)C1CN(C(=O)Cc2cccs2)C(C)CN1. The maximum atomic E-state index is 12.3. The zero-order valence-corrected chi connectivity index (χ0v) is 12.2. The third kappa shape index (κ3) is 3.12. The van der Waals surface area contributed by atoms with Crippen molar-refractivity contribution in [2.24, 2.45) is 5.92 Å². The number of carbonyl (C=O) groups excluding carboxylic acids is 1. The quantitative estimate of drug-likeness (QED) is 0.909. The van der Waals surface area contributed by atoms with Crippen molar-refractivity contribution in [1.29, 1.82) is 0 Å². The Morgan fingerprint density at radius 3 is 3.00 bits per heavy atom. The van der Waals surface area contributed by atoms with Gasteiger partial charge in [-0.1, -0.05) is 19.9 Å². The molecule has 4 heteroatoms. The van der Waals surface area contributed by atoms with E-state index < -0.39 is 0 Å². The maximum Gasteiger partial charge on any atom is 0.228 e. The highest BCUT2D eigenvalue weighted by atomic mass is 32.1. The van der Waals surface area contributed by atoms with Crippen LogP contribution in [0.1, 0.15) is 25.6 Å². The van der Waals surface area contributed by atoms with Crippen LogP contribution in [0.2, 0.25) is 0 Å².